The van der Waals surface area contributed by atoms with Crippen LogP contribution >= 0.6 is 0 Å². The quantitative estimate of drug-likeness (QED) is 0.835. The Morgan fingerprint density at radius 1 is 1.35 bits per heavy atom. The van der Waals surface area contributed by atoms with E-state index in [0.29, 0.717) is 19.1 Å². The van der Waals surface area contributed by atoms with Gasteiger partial charge in [0.25, 0.3) is 0 Å². The highest BCUT2D eigenvalue weighted by Gasteiger charge is 2.25. The highest BCUT2D eigenvalue weighted by molar-refractivity contribution is 5.23. The minimum Gasteiger partial charge on any atom is -0.492 e. The van der Waals surface area contributed by atoms with E-state index in [1.54, 1.807) is 0 Å². The van der Waals surface area contributed by atoms with E-state index in [1.165, 1.54) is 12.1 Å². The molecule has 1 aromatic carbocycles. The summed E-state index contributed by atoms with van der Waals surface area (Å²) in [5, 5.41) is 3.42. The van der Waals surface area contributed by atoms with Crippen LogP contribution in [0.15, 0.2) is 18.2 Å². The molecule has 2 unspecified atom stereocenters. The molecule has 0 saturated carbocycles. The van der Waals surface area contributed by atoms with Gasteiger partial charge in [0, 0.05) is 36.8 Å². The van der Waals surface area contributed by atoms with Crippen LogP contribution < -0.4 is 10.1 Å². The summed E-state index contributed by atoms with van der Waals surface area (Å²) in [6.45, 7) is 4.85. The Balaban J connectivity index is 1.92. The lowest BCUT2D eigenvalue weighted by Crippen LogP contribution is -2.41. The summed E-state index contributed by atoms with van der Waals surface area (Å²) < 4.78 is 37.1. The van der Waals surface area contributed by atoms with Crippen molar-refractivity contribution < 1.29 is 18.3 Å². The first-order valence-corrected chi connectivity index (χ1v) is 7.09. The largest absolute Gasteiger partial charge is 0.492 e. The molecule has 112 valence electrons. The number of rotatable bonds is 7. The Hall–Kier alpha value is -1.20. The summed E-state index contributed by atoms with van der Waals surface area (Å²) in [7, 11) is 0. The van der Waals surface area contributed by atoms with Crippen LogP contribution in [0.1, 0.15) is 19.8 Å². The molecule has 0 aromatic heterocycles. The lowest BCUT2D eigenvalue weighted by Gasteiger charge is -2.24. The SMILES string of the molecule is CCCNC(COc1cc(F)cc(F)c1)C1CCOC1. The molecule has 2 rings (SSSR count). The van der Waals surface area contributed by atoms with Crippen LogP contribution in [-0.2, 0) is 4.74 Å². The van der Waals surface area contributed by atoms with Crippen molar-refractivity contribution in [1.82, 2.24) is 5.32 Å². The van der Waals surface area contributed by atoms with Gasteiger partial charge in [-0.1, -0.05) is 6.92 Å². The summed E-state index contributed by atoms with van der Waals surface area (Å²) >= 11 is 0. The summed E-state index contributed by atoms with van der Waals surface area (Å²) in [6.07, 6.45) is 2.01. The van der Waals surface area contributed by atoms with Gasteiger partial charge >= 0.3 is 0 Å². The average Bonchev–Trinajstić information content (AvgIpc) is 2.91. The Morgan fingerprint density at radius 2 is 2.10 bits per heavy atom. The minimum atomic E-state index is -0.623. The molecule has 0 bridgehead atoms. The fourth-order valence-electron chi connectivity index (χ4n) is 2.36. The summed E-state index contributed by atoms with van der Waals surface area (Å²) in [6, 6.07) is 3.38. The third-order valence-electron chi connectivity index (χ3n) is 3.46. The molecule has 1 saturated heterocycles. The Kier molecular flexibility index (Phi) is 5.73. The van der Waals surface area contributed by atoms with Gasteiger partial charge < -0.3 is 14.8 Å². The maximum atomic E-state index is 13.1. The van der Waals surface area contributed by atoms with Crippen LogP contribution in [0.2, 0.25) is 0 Å². The predicted octanol–water partition coefficient (Wildman–Crippen LogP) is 2.75. The van der Waals surface area contributed by atoms with Gasteiger partial charge in [-0.3, -0.25) is 0 Å². The van der Waals surface area contributed by atoms with Crippen LogP contribution in [0, 0.1) is 17.6 Å². The van der Waals surface area contributed by atoms with E-state index >= 15 is 0 Å². The van der Waals surface area contributed by atoms with Gasteiger partial charge in [0.2, 0.25) is 0 Å². The molecule has 2 atom stereocenters. The van der Waals surface area contributed by atoms with Crippen molar-refractivity contribution in [3.63, 3.8) is 0 Å². The van der Waals surface area contributed by atoms with Gasteiger partial charge in [-0.2, -0.15) is 0 Å². The Labute approximate surface area is 118 Å². The first kappa shape index (κ1) is 15.2. The standard InChI is InChI=1S/C15H21F2NO2/c1-2-4-18-15(11-3-5-19-9-11)10-20-14-7-12(16)6-13(17)8-14/h6-8,11,15,18H,2-5,9-10H2,1H3. The number of hydrogen-bond donors (Lipinski definition) is 1. The van der Waals surface area contributed by atoms with Crippen molar-refractivity contribution in [2.75, 3.05) is 26.4 Å². The zero-order chi connectivity index (χ0) is 14.4. The Bertz CT molecular complexity index is 402. The molecule has 3 nitrogen and oxygen atoms in total. The van der Waals surface area contributed by atoms with Crippen molar-refractivity contribution >= 4 is 0 Å². The number of halogens is 2. The number of ether oxygens (including phenoxy) is 2. The molecule has 1 fully saturated rings. The van der Waals surface area contributed by atoms with Crippen LogP contribution in [-0.4, -0.2) is 32.4 Å². The predicted molar refractivity (Wildman–Crippen MR) is 72.9 cm³/mol. The minimum absolute atomic E-state index is 0.142. The van der Waals surface area contributed by atoms with Crippen molar-refractivity contribution in [3.05, 3.63) is 29.8 Å². The van der Waals surface area contributed by atoms with E-state index in [9.17, 15) is 8.78 Å². The molecule has 1 N–H and O–H groups in total. The molecule has 0 spiro atoms. The molecule has 0 amide bonds. The fourth-order valence-corrected chi connectivity index (χ4v) is 2.36. The lowest BCUT2D eigenvalue weighted by molar-refractivity contribution is 0.160. The fraction of sp³-hybridized carbons (Fsp3) is 0.600. The van der Waals surface area contributed by atoms with E-state index in [1.807, 2.05) is 0 Å². The van der Waals surface area contributed by atoms with Crippen molar-refractivity contribution in [2.45, 2.75) is 25.8 Å². The third kappa shape index (κ3) is 4.42. The number of hydrogen-bond acceptors (Lipinski definition) is 3. The smallest absolute Gasteiger partial charge is 0.129 e. The molecular weight excluding hydrogens is 264 g/mol. The van der Waals surface area contributed by atoms with E-state index in [0.717, 1.165) is 32.1 Å². The van der Waals surface area contributed by atoms with Gasteiger partial charge in [0.15, 0.2) is 0 Å². The first-order chi connectivity index (χ1) is 9.69. The highest BCUT2D eigenvalue weighted by Crippen LogP contribution is 2.20. The van der Waals surface area contributed by atoms with E-state index in [-0.39, 0.29) is 11.8 Å². The molecular formula is C15H21F2NO2. The van der Waals surface area contributed by atoms with Crippen LogP contribution in [0.25, 0.3) is 0 Å². The number of nitrogens with one attached hydrogen (secondary N) is 1. The van der Waals surface area contributed by atoms with Crippen molar-refractivity contribution in [3.8, 4) is 5.75 Å². The highest BCUT2D eigenvalue weighted by atomic mass is 19.1. The molecule has 1 aliphatic heterocycles. The van der Waals surface area contributed by atoms with Gasteiger partial charge in [0.05, 0.1) is 6.61 Å². The number of benzene rings is 1. The molecule has 1 aliphatic rings. The van der Waals surface area contributed by atoms with Crippen molar-refractivity contribution in [2.24, 2.45) is 5.92 Å². The molecule has 20 heavy (non-hydrogen) atoms. The van der Waals surface area contributed by atoms with Crippen LogP contribution in [0.5, 0.6) is 5.75 Å². The second-order valence-electron chi connectivity index (χ2n) is 5.10. The second kappa shape index (κ2) is 7.55. The molecule has 0 radical (unpaired) electrons. The van der Waals surface area contributed by atoms with Gasteiger partial charge in [0.1, 0.15) is 24.0 Å². The lowest BCUT2D eigenvalue weighted by atomic mass is 9.99. The maximum absolute atomic E-state index is 13.1. The Morgan fingerprint density at radius 3 is 2.70 bits per heavy atom. The average molecular weight is 285 g/mol. The monoisotopic (exact) mass is 285 g/mol. The van der Waals surface area contributed by atoms with Crippen molar-refractivity contribution in [1.29, 1.82) is 0 Å². The molecule has 5 heteroatoms. The molecule has 0 aliphatic carbocycles. The zero-order valence-electron chi connectivity index (χ0n) is 11.7. The summed E-state index contributed by atoms with van der Waals surface area (Å²) in [5.41, 5.74) is 0. The van der Waals surface area contributed by atoms with E-state index < -0.39 is 11.6 Å². The topological polar surface area (TPSA) is 30.5 Å². The molecule has 1 aromatic rings. The summed E-state index contributed by atoms with van der Waals surface area (Å²) in [5.74, 6) is -0.630. The zero-order valence-corrected chi connectivity index (χ0v) is 11.7. The normalized spacial score (nSPS) is 20.1. The van der Waals surface area contributed by atoms with Gasteiger partial charge in [-0.05, 0) is 19.4 Å². The third-order valence-corrected chi connectivity index (χ3v) is 3.46. The summed E-state index contributed by atoms with van der Waals surface area (Å²) in [4.78, 5) is 0. The van der Waals surface area contributed by atoms with Crippen LogP contribution in [0.4, 0.5) is 8.78 Å². The van der Waals surface area contributed by atoms with Gasteiger partial charge in [-0.15, -0.1) is 0 Å². The van der Waals surface area contributed by atoms with Crippen LogP contribution in [0.3, 0.4) is 0 Å². The van der Waals surface area contributed by atoms with Gasteiger partial charge in [-0.25, -0.2) is 8.78 Å². The van der Waals surface area contributed by atoms with E-state index in [2.05, 4.69) is 12.2 Å². The molecule has 1 heterocycles. The van der Waals surface area contributed by atoms with E-state index in [4.69, 9.17) is 9.47 Å². The second-order valence-corrected chi connectivity index (χ2v) is 5.10. The maximum Gasteiger partial charge on any atom is 0.129 e. The first-order valence-electron chi connectivity index (χ1n) is 7.09.